The van der Waals surface area contributed by atoms with Crippen molar-refractivity contribution in [3.63, 3.8) is 0 Å². The van der Waals surface area contributed by atoms with Crippen LogP contribution < -0.4 is 0 Å². The van der Waals surface area contributed by atoms with Gasteiger partial charge in [0.25, 0.3) is 0 Å². The zero-order chi connectivity index (χ0) is 17.3. The number of aliphatic hydroxyl groups is 2. The zero-order valence-electron chi connectivity index (χ0n) is 13.9. The van der Waals surface area contributed by atoms with Crippen LogP contribution in [0.1, 0.15) is 40.5 Å². The predicted molar refractivity (Wildman–Crippen MR) is 81.1 cm³/mol. The molecule has 5 nitrogen and oxygen atoms in total. The van der Waals surface area contributed by atoms with Gasteiger partial charge in [0, 0.05) is 11.8 Å². The van der Waals surface area contributed by atoms with Gasteiger partial charge in [-0.05, 0) is 12.8 Å². The average molecular weight is 325 g/mol. The van der Waals surface area contributed by atoms with Gasteiger partial charge in [-0.1, -0.05) is 32.9 Å². The minimum atomic E-state index is -1.25. The third-order valence-corrected chi connectivity index (χ3v) is 3.91. The van der Waals surface area contributed by atoms with E-state index >= 15 is 0 Å². The van der Waals surface area contributed by atoms with E-state index in [4.69, 9.17) is 9.84 Å². The molecule has 0 radical (unpaired) electrons. The summed E-state index contributed by atoms with van der Waals surface area (Å²) in [5.41, 5.74) is 0. The largest absolute Gasteiger partial charge is 0.399 e. The zero-order valence-corrected chi connectivity index (χ0v) is 13.9. The van der Waals surface area contributed by atoms with E-state index in [1.54, 1.807) is 20.8 Å². The van der Waals surface area contributed by atoms with Crippen molar-refractivity contribution < 1.29 is 28.6 Å². The molecule has 0 aliphatic carbocycles. The molecule has 1 fully saturated rings. The first-order chi connectivity index (χ1) is 10.3. The topological polar surface area (TPSA) is 71.3 Å². The van der Waals surface area contributed by atoms with E-state index < -0.39 is 30.7 Å². The maximum Gasteiger partial charge on any atom is 0.186 e. The molecule has 0 bridgehead atoms. The van der Waals surface area contributed by atoms with Crippen LogP contribution in [0.2, 0.25) is 0 Å². The van der Waals surface area contributed by atoms with E-state index in [-0.39, 0.29) is 12.0 Å². The van der Waals surface area contributed by atoms with Crippen molar-refractivity contribution in [2.75, 3.05) is 7.11 Å². The quantitative estimate of drug-likeness (QED) is 0.581. The van der Waals surface area contributed by atoms with Crippen molar-refractivity contribution in [3.8, 4) is 0 Å². The molecule has 1 rings (SSSR count). The molecule has 0 aromatic carbocycles. The Balaban J connectivity index is 0.000000406. The number of oxime groups is 1. The molecule has 0 spiro atoms. The van der Waals surface area contributed by atoms with E-state index in [2.05, 4.69) is 9.99 Å². The van der Waals surface area contributed by atoms with Gasteiger partial charge in [0.1, 0.15) is 13.3 Å². The summed E-state index contributed by atoms with van der Waals surface area (Å²) < 4.78 is 30.7. The Labute approximate surface area is 131 Å². The van der Waals surface area contributed by atoms with Gasteiger partial charge >= 0.3 is 0 Å². The van der Waals surface area contributed by atoms with E-state index in [9.17, 15) is 13.9 Å². The Morgan fingerprint density at radius 3 is 2.32 bits per heavy atom. The van der Waals surface area contributed by atoms with Gasteiger partial charge in [0.15, 0.2) is 12.5 Å². The molecule has 0 amide bonds. The maximum absolute atomic E-state index is 13.0. The van der Waals surface area contributed by atoms with Crippen LogP contribution in [-0.4, -0.2) is 54.4 Å². The lowest BCUT2D eigenvalue weighted by Gasteiger charge is -2.17. The first-order valence-electron chi connectivity index (χ1n) is 7.66. The van der Waals surface area contributed by atoms with Gasteiger partial charge in [0.2, 0.25) is 0 Å². The monoisotopic (exact) mass is 325 g/mol. The Kier molecular flexibility index (Phi) is 10.5. The smallest absolute Gasteiger partial charge is 0.186 e. The Hall–Kier alpha value is -0.790. The van der Waals surface area contributed by atoms with Crippen molar-refractivity contribution in [3.05, 3.63) is 0 Å². The SMILES string of the molecule is CC[C@@H](O)[C@@H](C)[C@H](F)C=NOC.CC[C@H]1OC(O)[C@@H](F)[C@@H]1C. The van der Waals surface area contributed by atoms with Gasteiger partial charge in [-0.25, -0.2) is 8.78 Å². The van der Waals surface area contributed by atoms with Crippen molar-refractivity contribution >= 4 is 6.21 Å². The van der Waals surface area contributed by atoms with Crippen LogP contribution in [0.4, 0.5) is 8.78 Å². The molecule has 1 aliphatic rings. The fourth-order valence-electron chi connectivity index (χ4n) is 2.15. The number of rotatable bonds is 6. The number of alkyl halides is 2. The second kappa shape index (κ2) is 10.9. The minimum Gasteiger partial charge on any atom is -0.399 e. The molecule has 7 atom stereocenters. The van der Waals surface area contributed by atoms with Gasteiger partial charge in [-0.15, -0.1) is 0 Å². The summed E-state index contributed by atoms with van der Waals surface area (Å²) in [6.45, 7) is 7.13. The number of halogens is 2. The second-order valence-corrected chi connectivity index (χ2v) is 5.49. The fourth-order valence-corrected chi connectivity index (χ4v) is 2.15. The summed E-state index contributed by atoms with van der Waals surface area (Å²) in [7, 11) is 1.35. The Morgan fingerprint density at radius 2 is 2.00 bits per heavy atom. The highest BCUT2D eigenvalue weighted by Gasteiger charge is 2.39. The molecule has 0 aromatic rings. The molecule has 22 heavy (non-hydrogen) atoms. The summed E-state index contributed by atoms with van der Waals surface area (Å²) >= 11 is 0. The first kappa shape index (κ1) is 21.2. The molecule has 132 valence electrons. The number of hydrogen-bond acceptors (Lipinski definition) is 5. The number of hydrogen-bond donors (Lipinski definition) is 2. The fraction of sp³-hybridized carbons (Fsp3) is 0.933. The van der Waals surface area contributed by atoms with E-state index in [1.165, 1.54) is 7.11 Å². The Bertz CT molecular complexity index is 320. The molecule has 0 aromatic heterocycles. The lowest BCUT2D eigenvalue weighted by atomic mass is 9.98. The van der Waals surface area contributed by atoms with Gasteiger partial charge in [0.05, 0.1) is 18.4 Å². The van der Waals surface area contributed by atoms with E-state index in [1.807, 2.05) is 6.92 Å². The summed E-state index contributed by atoms with van der Waals surface area (Å²) in [6, 6.07) is 0. The highest BCUT2D eigenvalue weighted by molar-refractivity contribution is 5.62. The minimum absolute atomic E-state index is 0.106. The van der Waals surface area contributed by atoms with Crippen LogP contribution in [0.25, 0.3) is 0 Å². The highest BCUT2D eigenvalue weighted by Crippen LogP contribution is 2.29. The number of ether oxygens (including phenoxy) is 1. The third kappa shape index (κ3) is 6.54. The van der Waals surface area contributed by atoms with Crippen molar-refractivity contribution in [1.82, 2.24) is 0 Å². The number of nitrogens with zero attached hydrogens (tertiary/aromatic N) is 1. The van der Waals surface area contributed by atoms with Crippen molar-refractivity contribution in [2.45, 2.75) is 71.4 Å². The summed E-state index contributed by atoms with van der Waals surface area (Å²) in [6.07, 6.45) is -2.01. The van der Waals surface area contributed by atoms with Gasteiger partial charge in [-0.3, -0.25) is 0 Å². The normalized spacial score (nSPS) is 32.2. The lowest BCUT2D eigenvalue weighted by Crippen LogP contribution is -2.27. The molecular formula is C15H29F2NO4. The first-order valence-corrected chi connectivity index (χ1v) is 7.66. The molecular weight excluding hydrogens is 296 g/mol. The predicted octanol–water partition coefficient (Wildman–Crippen LogP) is 2.45. The molecule has 1 saturated heterocycles. The summed E-state index contributed by atoms with van der Waals surface area (Å²) in [5, 5.41) is 21.4. The van der Waals surface area contributed by atoms with Crippen LogP contribution in [0.3, 0.4) is 0 Å². The van der Waals surface area contributed by atoms with Crippen molar-refractivity contribution in [2.24, 2.45) is 17.0 Å². The molecule has 0 saturated carbocycles. The molecule has 1 aliphatic heterocycles. The third-order valence-electron chi connectivity index (χ3n) is 3.91. The average Bonchev–Trinajstić information content (AvgIpc) is 2.78. The van der Waals surface area contributed by atoms with Crippen LogP contribution >= 0.6 is 0 Å². The standard InChI is InChI=1S/C8H16FNO2.C7H13FO2/c1-4-8(11)6(2)7(9)5-10-12-3;1-3-5-4(2)6(8)7(9)10-5/h5-8,11H,4H2,1-3H3;4-7,9H,3H2,1-2H3/t6-,7+,8+;4-,5-,6+,7?/m01/s1. The molecule has 1 heterocycles. The lowest BCUT2D eigenvalue weighted by molar-refractivity contribution is -0.112. The maximum atomic E-state index is 13.0. The molecule has 2 N–H and O–H groups in total. The van der Waals surface area contributed by atoms with Gasteiger partial charge in [-0.2, -0.15) is 0 Å². The van der Waals surface area contributed by atoms with E-state index in [0.29, 0.717) is 6.42 Å². The van der Waals surface area contributed by atoms with Gasteiger partial charge < -0.3 is 19.8 Å². The van der Waals surface area contributed by atoms with Crippen LogP contribution in [0.15, 0.2) is 5.16 Å². The second-order valence-electron chi connectivity index (χ2n) is 5.49. The Morgan fingerprint density at radius 1 is 1.41 bits per heavy atom. The number of aliphatic hydroxyl groups excluding tert-OH is 2. The molecule has 1 unspecified atom stereocenters. The summed E-state index contributed by atoms with van der Waals surface area (Å²) in [5.74, 6) is -0.603. The van der Waals surface area contributed by atoms with E-state index in [0.717, 1.165) is 12.6 Å². The van der Waals surface area contributed by atoms with Crippen molar-refractivity contribution in [1.29, 1.82) is 0 Å². The van der Waals surface area contributed by atoms with Crippen LogP contribution in [0.5, 0.6) is 0 Å². The molecule has 7 heteroatoms. The van der Waals surface area contributed by atoms with Crippen LogP contribution in [-0.2, 0) is 9.57 Å². The summed E-state index contributed by atoms with van der Waals surface area (Å²) in [4.78, 5) is 4.32. The highest BCUT2D eigenvalue weighted by atomic mass is 19.1. The van der Waals surface area contributed by atoms with Crippen LogP contribution in [0, 0.1) is 11.8 Å².